The molecule has 3 rings (SSSR count). The maximum absolute atomic E-state index is 11.6. The van der Waals surface area contributed by atoms with Crippen LogP contribution in [0.1, 0.15) is 18.5 Å². The number of benzene rings is 1. The van der Waals surface area contributed by atoms with Gasteiger partial charge in [-0.2, -0.15) is 0 Å². The Balaban J connectivity index is 1.68. The SMILES string of the molecule is CC(Nc1ccc(N2CCNC2=O)cc1)c1ccoc1. The fourth-order valence-corrected chi connectivity index (χ4v) is 2.31. The molecule has 1 aliphatic heterocycles. The first-order valence-corrected chi connectivity index (χ1v) is 6.68. The van der Waals surface area contributed by atoms with E-state index in [2.05, 4.69) is 17.6 Å². The van der Waals surface area contributed by atoms with E-state index in [1.807, 2.05) is 30.3 Å². The van der Waals surface area contributed by atoms with Crippen LogP contribution >= 0.6 is 0 Å². The molecule has 0 spiro atoms. The van der Waals surface area contributed by atoms with Gasteiger partial charge in [0.25, 0.3) is 0 Å². The second kappa shape index (κ2) is 5.28. The molecule has 5 heteroatoms. The van der Waals surface area contributed by atoms with Crippen molar-refractivity contribution in [1.82, 2.24) is 5.32 Å². The van der Waals surface area contributed by atoms with Gasteiger partial charge >= 0.3 is 6.03 Å². The Bertz CT molecular complexity index is 578. The molecule has 1 unspecified atom stereocenters. The fourth-order valence-electron chi connectivity index (χ4n) is 2.31. The lowest BCUT2D eigenvalue weighted by atomic mass is 10.1. The largest absolute Gasteiger partial charge is 0.472 e. The van der Waals surface area contributed by atoms with E-state index < -0.39 is 0 Å². The highest BCUT2D eigenvalue weighted by atomic mass is 16.3. The number of hydrogen-bond donors (Lipinski definition) is 2. The molecule has 1 aromatic carbocycles. The van der Waals surface area contributed by atoms with Gasteiger partial charge in [-0.3, -0.25) is 4.90 Å². The summed E-state index contributed by atoms with van der Waals surface area (Å²) in [5.74, 6) is 0. The van der Waals surface area contributed by atoms with Crippen LogP contribution in [0.15, 0.2) is 47.3 Å². The molecule has 20 heavy (non-hydrogen) atoms. The molecule has 5 nitrogen and oxygen atoms in total. The van der Waals surface area contributed by atoms with E-state index in [9.17, 15) is 4.79 Å². The third-order valence-corrected chi connectivity index (χ3v) is 3.46. The van der Waals surface area contributed by atoms with Crippen LogP contribution in [0.4, 0.5) is 16.2 Å². The molecule has 2 heterocycles. The average molecular weight is 271 g/mol. The second-order valence-electron chi connectivity index (χ2n) is 4.85. The molecular formula is C15H17N3O2. The van der Waals surface area contributed by atoms with Crippen LogP contribution in [0.5, 0.6) is 0 Å². The van der Waals surface area contributed by atoms with E-state index in [4.69, 9.17) is 4.42 Å². The van der Waals surface area contributed by atoms with Gasteiger partial charge in [0.15, 0.2) is 0 Å². The van der Waals surface area contributed by atoms with Gasteiger partial charge in [-0.1, -0.05) is 0 Å². The third kappa shape index (κ3) is 2.47. The Kier molecular flexibility index (Phi) is 3.33. The van der Waals surface area contributed by atoms with Crippen molar-refractivity contribution in [3.05, 3.63) is 48.4 Å². The highest BCUT2D eigenvalue weighted by Gasteiger charge is 2.20. The predicted molar refractivity (Wildman–Crippen MR) is 77.9 cm³/mol. The molecule has 0 radical (unpaired) electrons. The number of rotatable bonds is 4. The minimum atomic E-state index is -0.0301. The van der Waals surface area contributed by atoms with Crippen molar-refractivity contribution in [2.24, 2.45) is 0 Å². The second-order valence-corrected chi connectivity index (χ2v) is 4.85. The van der Waals surface area contributed by atoms with Gasteiger partial charge in [0, 0.05) is 30.0 Å². The van der Waals surface area contributed by atoms with E-state index in [0.717, 1.165) is 23.5 Å². The number of urea groups is 1. The van der Waals surface area contributed by atoms with Crippen LogP contribution < -0.4 is 15.5 Å². The number of amides is 2. The number of anilines is 2. The van der Waals surface area contributed by atoms with E-state index in [1.54, 1.807) is 17.4 Å². The molecule has 1 atom stereocenters. The summed E-state index contributed by atoms with van der Waals surface area (Å²) < 4.78 is 5.08. The summed E-state index contributed by atoms with van der Waals surface area (Å²) in [6.07, 6.45) is 3.41. The highest BCUT2D eigenvalue weighted by molar-refractivity contribution is 5.94. The van der Waals surface area contributed by atoms with Crippen molar-refractivity contribution in [3.8, 4) is 0 Å². The molecule has 1 aromatic heterocycles. The van der Waals surface area contributed by atoms with Gasteiger partial charge in [0.05, 0.1) is 18.6 Å². The van der Waals surface area contributed by atoms with Crippen molar-refractivity contribution >= 4 is 17.4 Å². The van der Waals surface area contributed by atoms with Crippen molar-refractivity contribution in [1.29, 1.82) is 0 Å². The quantitative estimate of drug-likeness (QED) is 0.898. The molecule has 0 bridgehead atoms. The number of carbonyl (C=O) groups is 1. The number of furan rings is 1. The van der Waals surface area contributed by atoms with Crippen LogP contribution in [0.3, 0.4) is 0 Å². The monoisotopic (exact) mass is 271 g/mol. The maximum atomic E-state index is 11.6. The minimum absolute atomic E-state index is 0.0301. The summed E-state index contributed by atoms with van der Waals surface area (Å²) in [4.78, 5) is 13.3. The topological polar surface area (TPSA) is 57.5 Å². The van der Waals surface area contributed by atoms with Crippen molar-refractivity contribution in [3.63, 3.8) is 0 Å². The Labute approximate surface area is 117 Å². The molecule has 2 aromatic rings. The first-order chi connectivity index (χ1) is 9.74. The van der Waals surface area contributed by atoms with Crippen molar-refractivity contribution in [2.75, 3.05) is 23.3 Å². The molecule has 1 aliphatic rings. The van der Waals surface area contributed by atoms with Crippen LogP contribution in [-0.4, -0.2) is 19.1 Å². The van der Waals surface area contributed by atoms with Gasteiger partial charge in [-0.05, 0) is 37.3 Å². The molecule has 2 amide bonds. The van der Waals surface area contributed by atoms with Gasteiger partial charge in [0.1, 0.15) is 0 Å². The summed E-state index contributed by atoms with van der Waals surface area (Å²) in [5.41, 5.74) is 3.04. The number of nitrogens with one attached hydrogen (secondary N) is 2. The third-order valence-electron chi connectivity index (χ3n) is 3.46. The Morgan fingerprint density at radius 1 is 1.30 bits per heavy atom. The minimum Gasteiger partial charge on any atom is -0.472 e. The highest BCUT2D eigenvalue weighted by Crippen LogP contribution is 2.23. The molecule has 0 aliphatic carbocycles. The Morgan fingerprint density at radius 2 is 2.10 bits per heavy atom. The lowest BCUT2D eigenvalue weighted by Crippen LogP contribution is -2.27. The zero-order chi connectivity index (χ0) is 13.9. The number of hydrogen-bond acceptors (Lipinski definition) is 3. The summed E-state index contributed by atoms with van der Waals surface area (Å²) >= 11 is 0. The van der Waals surface area contributed by atoms with E-state index >= 15 is 0 Å². The molecule has 0 saturated carbocycles. The van der Waals surface area contributed by atoms with E-state index in [0.29, 0.717) is 6.54 Å². The number of carbonyl (C=O) groups excluding carboxylic acids is 1. The predicted octanol–water partition coefficient (Wildman–Crippen LogP) is 2.98. The van der Waals surface area contributed by atoms with Gasteiger partial charge in [-0.15, -0.1) is 0 Å². The zero-order valence-electron chi connectivity index (χ0n) is 11.3. The van der Waals surface area contributed by atoms with Crippen LogP contribution in [0.2, 0.25) is 0 Å². The molecular weight excluding hydrogens is 254 g/mol. The van der Waals surface area contributed by atoms with Crippen molar-refractivity contribution < 1.29 is 9.21 Å². The zero-order valence-corrected chi connectivity index (χ0v) is 11.3. The summed E-state index contributed by atoms with van der Waals surface area (Å²) in [6, 6.07) is 9.97. The van der Waals surface area contributed by atoms with E-state index in [1.165, 1.54) is 0 Å². The lowest BCUT2D eigenvalue weighted by Gasteiger charge is -2.17. The lowest BCUT2D eigenvalue weighted by molar-refractivity contribution is 0.252. The van der Waals surface area contributed by atoms with Gasteiger partial charge < -0.3 is 15.1 Å². The molecule has 2 N–H and O–H groups in total. The normalized spacial score (nSPS) is 16.1. The molecule has 1 saturated heterocycles. The van der Waals surface area contributed by atoms with Gasteiger partial charge in [0.2, 0.25) is 0 Å². The van der Waals surface area contributed by atoms with Crippen LogP contribution in [0.25, 0.3) is 0 Å². The van der Waals surface area contributed by atoms with Gasteiger partial charge in [-0.25, -0.2) is 4.79 Å². The fraction of sp³-hybridized carbons (Fsp3) is 0.267. The summed E-state index contributed by atoms with van der Waals surface area (Å²) in [5, 5.41) is 6.19. The first kappa shape index (κ1) is 12.6. The Morgan fingerprint density at radius 3 is 2.70 bits per heavy atom. The molecule has 104 valence electrons. The maximum Gasteiger partial charge on any atom is 0.321 e. The van der Waals surface area contributed by atoms with Crippen molar-refractivity contribution in [2.45, 2.75) is 13.0 Å². The smallest absolute Gasteiger partial charge is 0.321 e. The summed E-state index contributed by atoms with van der Waals surface area (Å²) in [7, 11) is 0. The Hall–Kier alpha value is -2.43. The first-order valence-electron chi connectivity index (χ1n) is 6.68. The molecule has 1 fully saturated rings. The average Bonchev–Trinajstić information content (AvgIpc) is 3.11. The standard InChI is InChI=1S/C15H17N3O2/c1-11(12-6-9-20-10-12)17-13-2-4-14(5-3-13)18-8-7-16-15(18)19/h2-6,9-11,17H,7-8H2,1H3,(H,16,19). The summed E-state index contributed by atoms with van der Waals surface area (Å²) in [6.45, 7) is 3.50. The van der Waals surface area contributed by atoms with Crippen LogP contribution in [-0.2, 0) is 0 Å². The number of nitrogens with zero attached hydrogens (tertiary/aromatic N) is 1. The van der Waals surface area contributed by atoms with Crippen LogP contribution in [0, 0.1) is 0 Å². The van der Waals surface area contributed by atoms with E-state index in [-0.39, 0.29) is 12.1 Å².